The molecule has 142 valence electrons. The molecule has 0 spiro atoms. The fourth-order valence-electron chi connectivity index (χ4n) is 3.01. The number of Topliss-reactive ketones (excluding diaryl/α,β-unsaturated/α-hetero) is 1. The molecule has 0 aliphatic heterocycles. The van der Waals surface area contributed by atoms with Gasteiger partial charge in [0, 0.05) is 28.7 Å². The molecule has 0 atom stereocenters. The summed E-state index contributed by atoms with van der Waals surface area (Å²) in [5.74, 6) is 4.97. The zero-order valence-electron chi connectivity index (χ0n) is 15.4. The summed E-state index contributed by atoms with van der Waals surface area (Å²) >= 11 is 0. The van der Waals surface area contributed by atoms with Gasteiger partial charge in [-0.05, 0) is 18.2 Å². The Kier molecular flexibility index (Phi) is 5.21. The molecular weight excluding hydrogens is 366 g/mol. The highest BCUT2D eigenvalue weighted by Gasteiger charge is 2.18. The summed E-state index contributed by atoms with van der Waals surface area (Å²) in [4.78, 5) is 31.7. The molecule has 29 heavy (non-hydrogen) atoms. The number of nitrogens with zero attached hydrogens (tertiary/aromatic N) is 1. The third kappa shape index (κ3) is 3.94. The van der Waals surface area contributed by atoms with Crippen molar-refractivity contribution in [3.8, 4) is 17.6 Å². The van der Waals surface area contributed by atoms with Crippen LogP contribution in [0.15, 0.2) is 67.0 Å². The molecule has 4 aromatic rings. The fraction of sp³-hybridized carbons (Fsp3) is 0.0870. The Labute approximate surface area is 166 Å². The number of hydrogen-bond acceptors (Lipinski definition) is 4. The van der Waals surface area contributed by atoms with E-state index in [0.717, 1.165) is 21.8 Å². The number of ether oxygens (including phenoxy) is 1. The van der Waals surface area contributed by atoms with Crippen molar-refractivity contribution in [2.75, 3.05) is 13.2 Å². The number of fused-ring (bicyclic) bond motifs is 2. The van der Waals surface area contributed by atoms with Gasteiger partial charge in [-0.15, -0.1) is 0 Å². The van der Waals surface area contributed by atoms with Crippen LogP contribution in [0, 0.1) is 11.8 Å². The maximum Gasteiger partial charge on any atom is 0.293 e. The number of nitrogens with one attached hydrogen (secondary N) is 2. The maximum atomic E-state index is 12.3. The number of aromatic nitrogens is 2. The number of para-hydroxylation sites is 2. The van der Waals surface area contributed by atoms with Crippen molar-refractivity contribution in [3.05, 3.63) is 72.6 Å². The van der Waals surface area contributed by atoms with E-state index in [1.807, 2.05) is 48.5 Å². The minimum absolute atomic E-state index is 0.0596. The average Bonchev–Trinajstić information content (AvgIpc) is 3.19. The van der Waals surface area contributed by atoms with Crippen LogP contribution in [0.1, 0.15) is 10.4 Å². The number of benzene rings is 2. The van der Waals surface area contributed by atoms with Crippen molar-refractivity contribution in [2.24, 2.45) is 0 Å². The quantitative estimate of drug-likeness (QED) is 0.315. The minimum Gasteiger partial charge on any atom is -0.479 e. The largest absolute Gasteiger partial charge is 0.479 e. The van der Waals surface area contributed by atoms with Gasteiger partial charge < -0.3 is 15.0 Å². The summed E-state index contributed by atoms with van der Waals surface area (Å²) in [6.45, 7) is 0.214. The second-order valence-corrected chi connectivity index (χ2v) is 6.23. The molecule has 6 heteroatoms. The van der Waals surface area contributed by atoms with E-state index in [1.54, 1.807) is 18.5 Å². The van der Waals surface area contributed by atoms with Gasteiger partial charge in [0.05, 0.1) is 12.1 Å². The van der Waals surface area contributed by atoms with Crippen molar-refractivity contribution < 1.29 is 14.3 Å². The summed E-state index contributed by atoms with van der Waals surface area (Å²) in [7, 11) is 0. The van der Waals surface area contributed by atoms with E-state index in [0.29, 0.717) is 11.3 Å². The number of aromatic amines is 1. The molecule has 6 nitrogen and oxygen atoms in total. The van der Waals surface area contributed by atoms with Crippen LogP contribution >= 0.6 is 0 Å². The summed E-state index contributed by atoms with van der Waals surface area (Å²) in [6, 6.07) is 16.8. The van der Waals surface area contributed by atoms with Gasteiger partial charge in [-0.2, -0.15) is 0 Å². The van der Waals surface area contributed by atoms with Crippen LogP contribution in [-0.2, 0) is 4.79 Å². The van der Waals surface area contributed by atoms with E-state index in [-0.39, 0.29) is 13.2 Å². The molecule has 0 unspecified atom stereocenters. The number of hydrogen-bond donors (Lipinski definition) is 2. The average molecular weight is 383 g/mol. The molecule has 0 radical (unpaired) electrons. The lowest BCUT2D eigenvalue weighted by atomic mass is 10.1. The van der Waals surface area contributed by atoms with Gasteiger partial charge in [0.15, 0.2) is 0 Å². The summed E-state index contributed by atoms with van der Waals surface area (Å²) in [6.07, 6.45) is 3.26. The van der Waals surface area contributed by atoms with E-state index < -0.39 is 11.7 Å². The number of amides is 1. The third-order valence-corrected chi connectivity index (χ3v) is 4.40. The number of rotatable bonds is 5. The maximum absolute atomic E-state index is 12.3. The number of carbonyl (C=O) groups is 2. The molecule has 0 bridgehead atoms. The summed E-state index contributed by atoms with van der Waals surface area (Å²) < 4.78 is 5.66. The highest BCUT2D eigenvalue weighted by molar-refractivity contribution is 6.45. The zero-order valence-corrected chi connectivity index (χ0v) is 15.4. The SMILES string of the molecule is O=C(NCC#CCOc1cccc2cccnc12)C(=O)c1c[nH]c2ccccc12. The van der Waals surface area contributed by atoms with Gasteiger partial charge in [0.25, 0.3) is 11.7 Å². The van der Waals surface area contributed by atoms with Crippen LogP contribution in [0.5, 0.6) is 5.75 Å². The van der Waals surface area contributed by atoms with Crippen molar-refractivity contribution in [1.82, 2.24) is 15.3 Å². The zero-order chi connectivity index (χ0) is 20.1. The van der Waals surface area contributed by atoms with Crippen LogP contribution in [0.4, 0.5) is 0 Å². The first-order valence-electron chi connectivity index (χ1n) is 9.05. The first kappa shape index (κ1) is 18.3. The van der Waals surface area contributed by atoms with Crippen LogP contribution in [-0.4, -0.2) is 34.8 Å². The molecule has 0 fully saturated rings. The molecular formula is C23H17N3O3. The van der Waals surface area contributed by atoms with Gasteiger partial charge in [-0.3, -0.25) is 14.6 Å². The predicted molar refractivity (Wildman–Crippen MR) is 111 cm³/mol. The molecule has 2 N–H and O–H groups in total. The van der Waals surface area contributed by atoms with Crippen LogP contribution in [0.25, 0.3) is 21.8 Å². The molecule has 1 amide bonds. The second kappa shape index (κ2) is 8.28. The van der Waals surface area contributed by atoms with E-state index in [9.17, 15) is 9.59 Å². The Balaban J connectivity index is 1.31. The predicted octanol–water partition coefficient (Wildman–Crippen LogP) is 3.10. The topological polar surface area (TPSA) is 84.1 Å². The lowest BCUT2D eigenvalue weighted by Gasteiger charge is -2.05. The molecule has 0 aliphatic rings. The third-order valence-electron chi connectivity index (χ3n) is 4.40. The molecule has 2 aromatic heterocycles. The van der Waals surface area contributed by atoms with Crippen LogP contribution in [0.3, 0.4) is 0 Å². The van der Waals surface area contributed by atoms with E-state index in [2.05, 4.69) is 27.1 Å². The number of H-pyrrole nitrogens is 1. The van der Waals surface area contributed by atoms with Crippen molar-refractivity contribution >= 4 is 33.5 Å². The summed E-state index contributed by atoms with van der Waals surface area (Å²) in [5.41, 5.74) is 1.93. The van der Waals surface area contributed by atoms with Crippen molar-refractivity contribution in [1.29, 1.82) is 0 Å². The van der Waals surface area contributed by atoms with Crippen molar-refractivity contribution in [3.63, 3.8) is 0 Å². The Morgan fingerprint density at radius 2 is 1.90 bits per heavy atom. The Hall–Kier alpha value is -4.11. The second-order valence-electron chi connectivity index (χ2n) is 6.23. The van der Waals surface area contributed by atoms with Crippen LogP contribution < -0.4 is 10.1 Å². The lowest BCUT2D eigenvalue weighted by Crippen LogP contribution is -2.31. The van der Waals surface area contributed by atoms with Crippen molar-refractivity contribution in [2.45, 2.75) is 0 Å². The number of carbonyl (C=O) groups excluding carboxylic acids is 2. The Morgan fingerprint density at radius 1 is 1.03 bits per heavy atom. The van der Waals surface area contributed by atoms with Gasteiger partial charge in [0.2, 0.25) is 0 Å². The first-order valence-corrected chi connectivity index (χ1v) is 9.05. The molecule has 0 aliphatic carbocycles. The molecule has 2 heterocycles. The van der Waals surface area contributed by atoms with Gasteiger partial charge in [-0.25, -0.2) is 0 Å². The van der Waals surface area contributed by atoms with Gasteiger partial charge >= 0.3 is 0 Å². The normalized spacial score (nSPS) is 10.3. The van der Waals surface area contributed by atoms with E-state index in [4.69, 9.17) is 4.74 Å². The van der Waals surface area contributed by atoms with Gasteiger partial charge in [0.1, 0.15) is 17.9 Å². The molecule has 4 rings (SSSR count). The lowest BCUT2D eigenvalue weighted by molar-refractivity contribution is -0.116. The smallest absolute Gasteiger partial charge is 0.293 e. The van der Waals surface area contributed by atoms with E-state index in [1.165, 1.54) is 0 Å². The first-order chi connectivity index (χ1) is 14.2. The highest BCUT2D eigenvalue weighted by Crippen LogP contribution is 2.22. The summed E-state index contributed by atoms with van der Waals surface area (Å²) in [5, 5.41) is 4.23. The standard InChI is InChI=1S/C23H17N3O3/c27-22(18-15-26-19-10-2-1-9-17(18)19)23(28)25-12-3-4-14-29-20-11-5-7-16-8-6-13-24-21(16)20/h1-2,5-11,13,15,26H,12,14H2,(H,25,28). The van der Waals surface area contributed by atoms with E-state index >= 15 is 0 Å². The number of ketones is 1. The van der Waals surface area contributed by atoms with Crippen LogP contribution in [0.2, 0.25) is 0 Å². The fourth-order valence-corrected chi connectivity index (χ4v) is 3.01. The molecule has 0 saturated heterocycles. The molecule has 2 aromatic carbocycles. The minimum atomic E-state index is -0.691. The Morgan fingerprint density at radius 3 is 2.83 bits per heavy atom. The van der Waals surface area contributed by atoms with Gasteiger partial charge in [-0.1, -0.05) is 48.2 Å². The number of pyridine rings is 1. The molecule has 0 saturated carbocycles. The Bertz CT molecular complexity index is 1260. The monoisotopic (exact) mass is 383 g/mol. The highest BCUT2D eigenvalue weighted by atomic mass is 16.5.